The van der Waals surface area contributed by atoms with E-state index in [0.717, 1.165) is 35.1 Å². The first-order chi connectivity index (χ1) is 18.8. The summed E-state index contributed by atoms with van der Waals surface area (Å²) < 4.78 is 30.6. The molecular weight excluding hydrogens is 512 g/mol. The molecule has 39 heavy (non-hydrogen) atoms. The molecule has 0 fully saturated rings. The number of non-ortho nitro benzene ring substituents is 1. The molecule has 196 valence electrons. The van der Waals surface area contributed by atoms with E-state index in [2.05, 4.69) is 4.72 Å². The number of carbonyl (C=O) groups is 1. The van der Waals surface area contributed by atoms with E-state index in [1.54, 1.807) is 24.3 Å². The van der Waals surface area contributed by atoms with Gasteiger partial charge in [-0.15, -0.1) is 0 Å². The third-order valence-electron chi connectivity index (χ3n) is 7.23. The first-order valence-corrected chi connectivity index (χ1v) is 13.9. The van der Waals surface area contributed by atoms with E-state index in [4.69, 9.17) is 0 Å². The van der Waals surface area contributed by atoms with Crippen LogP contribution >= 0.6 is 0 Å². The van der Waals surface area contributed by atoms with Gasteiger partial charge in [0.25, 0.3) is 5.69 Å². The highest BCUT2D eigenvalue weighted by molar-refractivity contribution is 7.89. The van der Waals surface area contributed by atoms with Crippen molar-refractivity contribution in [2.45, 2.75) is 22.8 Å². The van der Waals surface area contributed by atoms with Crippen molar-refractivity contribution in [3.05, 3.63) is 148 Å². The Morgan fingerprint density at radius 3 is 1.95 bits per heavy atom. The van der Waals surface area contributed by atoms with Gasteiger partial charge >= 0.3 is 0 Å². The maximum absolute atomic E-state index is 13.9. The molecule has 1 aliphatic rings. The van der Waals surface area contributed by atoms with Crippen molar-refractivity contribution >= 4 is 27.6 Å². The minimum Gasteiger partial charge on any atom is -0.303 e. The first-order valence-electron chi connectivity index (χ1n) is 12.5. The Labute approximate surface area is 227 Å². The number of sulfonamides is 1. The zero-order valence-electron chi connectivity index (χ0n) is 20.9. The molecule has 0 unspecified atom stereocenters. The van der Waals surface area contributed by atoms with Crippen LogP contribution in [0.3, 0.4) is 0 Å². The average Bonchev–Trinajstić information content (AvgIpc) is 2.98. The van der Waals surface area contributed by atoms with Crippen LogP contribution in [0.25, 0.3) is 5.57 Å². The van der Waals surface area contributed by atoms with Crippen LogP contribution in [-0.2, 0) is 20.4 Å². The number of hydrogen-bond donors (Lipinski definition) is 1. The summed E-state index contributed by atoms with van der Waals surface area (Å²) in [6.45, 7) is 0. The molecule has 0 saturated heterocycles. The Morgan fingerprint density at radius 2 is 1.38 bits per heavy atom. The van der Waals surface area contributed by atoms with Gasteiger partial charge in [-0.3, -0.25) is 10.1 Å². The zero-order chi connectivity index (χ0) is 27.5. The van der Waals surface area contributed by atoms with Gasteiger partial charge in [0, 0.05) is 18.1 Å². The second-order valence-electron chi connectivity index (χ2n) is 9.51. The zero-order valence-corrected chi connectivity index (χ0v) is 21.7. The minimum absolute atomic E-state index is 0.135. The molecule has 0 aliphatic heterocycles. The summed E-state index contributed by atoms with van der Waals surface area (Å²) in [5.74, 6) is -1.12. The molecule has 0 radical (unpaired) electrons. The van der Waals surface area contributed by atoms with E-state index in [0.29, 0.717) is 12.0 Å². The molecule has 0 amide bonds. The average molecular weight is 539 g/mol. The van der Waals surface area contributed by atoms with Gasteiger partial charge in [0.05, 0.1) is 15.4 Å². The van der Waals surface area contributed by atoms with E-state index in [1.165, 1.54) is 12.1 Å². The second-order valence-corrected chi connectivity index (χ2v) is 11.2. The molecule has 5 rings (SSSR count). The number of nitrogens with one attached hydrogen (secondary N) is 1. The topological polar surface area (TPSA) is 106 Å². The fraction of sp³-hybridized carbons (Fsp3) is 0.129. The highest BCUT2D eigenvalue weighted by atomic mass is 32.2. The van der Waals surface area contributed by atoms with Gasteiger partial charge in [-0.2, -0.15) is 4.72 Å². The van der Waals surface area contributed by atoms with Gasteiger partial charge in [-0.25, -0.2) is 8.42 Å². The molecule has 1 N–H and O–H groups in total. The predicted molar refractivity (Wildman–Crippen MR) is 149 cm³/mol. The van der Waals surface area contributed by atoms with E-state index in [1.807, 2.05) is 72.8 Å². The molecule has 1 aliphatic carbocycles. The number of nitro benzene ring substituents is 1. The molecule has 8 heteroatoms. The highest BCUT2D eigenvalue weighted by Gasteiger charge is 2.49. The third kappa shape index (κ3) is 5.16. The number of nitrogens with zero attached hydrogens (tertiary/aromatic N) is 1. The van der Waals surface area contributed by atoms with E-state index in [-0.39, 0.29) is 16.5 Å². The SMILES string of the molecule is O=C[C@@H]1[C@@H](c2ccccc2)CC(c2ccccc2)=C[C@@]1(NS(=O)(=O)c1ccc([N+](=O)[O-])cc1)c1ccccc1. The number of aldehydes is 1. The van der Waals surface area contributed by atoms with Crippen LogP contribution in [0.5, 0.6) is 0 Å². The van der Waals surface area contributed by atoms with Gasteiger partial charge in [0.1, 0.15) is 6.29 Å². The molecule has 0 bridgehead atoms. The Bertz CT molecular complexity index is 1610. The fourth-order valence-electron chi connectivity index (χ4n) is 5.37. The Kier molecular flexibility index (Phi) is 7.24. The summed E-state index contributed by atoms with van der Waals surface area (Å²) >= 11 is 0. The van der Waals surface area contributed by atoms with Gasteiger partial charge in [0.15, 0.2) is 0 Å². The number of hydrogen-bond acceptors (Lipinski definition) is 5. The quantitative estimate of drug-likeness (QED) is 0.172. The molecular formula is C31H26N2O5S. The van der Waals surface area contributed by atoms with Crippen molar-refractivity contribution < 1.29 is 18.1 Å². The normalized spacial score (nSPS) is 21.1. The maximum atomic E-state index is 13.9. The number of benzene rings is 4. The molecule has 0 aromatic heterocycles. The number of carbonyl (C=O) groups excluding carboxylic acids is 1. The van der Waals surface area contributed by atoms with Crippen molar-refractivity contribution in [2.24, 2.45) is 5.92 Å². The number of rotatable bonds is 8. The summed E-state index contributed by atoms with van der Waals surface area (Å²) in [7, 11) is -4.24. The van der Waals surface area contributed by atoms with Gasteiger partial charge in [-0.05, 0) is 46.7 Å². The van der Waals surface area contributed by atoms with Crippen LogP contribution in [0.1, 0.15) is 29.0 Å². The molecule has 4 aromatic carbocycles. The molecule has 7 nitrogen and oxygen atoms in total. The predicted octanol–water partition coefficient (Wildman–Crippen LogP) is 5.85. The van der Waals surface area contributed by atoms with Crippen LogP contribution in [0, 0.1) is 16.0 Å². The van der Waals surface area contributed by atoms with Crippen molar-refractivity contribution in [1.29, 1.82) is 0 Å². The van der Waals surface area contributed by atoms with Gasteiger partial charge in [-0.1, -0.05) is 97.1 Å². The summed E-state index contributed by atoms with van der Waals surface area (Å²) in [5.41, 5.74) is 1.71. The summed E-state index contributed by atoms with van der Waals surface area (Å²) in [6, 6.07) is 33.1. The first kappa shape index (κ1) is 26.2. The fourth-order valence-corrected chi connectivity index (χ4v) is 6.74. The summed E-state index contributed by atoms with van der Waals surface area (Å²) in [4.78, 5) is 23.4. The van der Waals surface area contributed by atoms with E-state index >= 15 is 0 Å². The lowest BCUT2D eigenvalue weighted by atomic mass is 9.64. The monoisotopic (exact) mass is 538 g/mol. The van der Waals surface area contributed by atoms with Crippen molar-refractivity contribution in [3.63, 3.8) is 0 Å². The van der Waals surface area contributed by atoms with Crippen LogP contribution in [-0.4, -0.2) is 19.6 Å². The lowest BCUT2D eigenvalue weighted by Gasteiger charge is -2.45. The van der Waals surface area contributed by atoms with Gasteiger partial charge < -0.3 is 4.79 Å². The van der Waals surface area contributed by atoms with Crippen molar-refractivity contribution in [2.75, 3.05) is 0 Å². The lowest BCUT2D eigenvalue weighted by Crippen LogP contribution is -2.53. The molecule has 0 heterocycles. The Morgan fingerprint density at radius 1 is 0.821 bits per heavy atom. The Hall–Kier alpha value is -4.40. The van der Waals surface area contributed by atoms with Crippen LogP contribution < -0.4 is 4.72 Å². The third-order valence-corrected chi connectivity index (χ3v) is 8.73. The second kappa shape index (κ2) is 10.8. The Balaban J connectivity index is 1.74. The largest absolute Gasteiger partial charge is 0.303 e. The van der Waals surface area contributed by atoms with Crippen LogP contribution in [0.15, 0.2) is 126 Å². The highest BCUT2D eigenvalue weighted by Crippen LogP contribution is 2.49. The molecule has 0 saturated carbocycles. The van der Waals surface area contributed by atoms with Gasteiger partial charge in [0.2, 0.25) is 10.0 Å². The maximum Gasteiger partial charge on any atom is 0.269 e. The number of allylic oxidation sites excluding steroid dienone is 1. The van der Waals surface area contributed by atoms with E-state index in [9.17, 15) is 23.3 Å². The van der Waals surface area contributed by atoms with Crippen LogP contribution in [0.2, 0.25) is 0 Å². The van der Waals surface area contributed by atoms with Crippen molar-refractivity contribution in [3.8, 4) is 0 Å². The summed E-state index contributed by atoms with van der Waals surface area (Å²) in [6.07, 6.45) is 3.23. The minimum atomic E-state index is -4.24. The molecule has 4 aromatic rings. The number of nitro groups is 1. The molecule has 3 atom stereocenters. The smallest absolute Gasteiger partial charge is 0.269 e. The summed E-state index contributed by atoms with van der Waals surface area (Å²) in [5, 5.41) is 11.1. The standard InChI is InChI=1S/C31H26N2O5S/c34-22-30-29(24-12-6-2-7-13-24)20-25(23-10-4-1-5-11-23)21-31(30,26-14-8-3-9-15-26)32-39(37,38)28-18-16-27(17-19-28)33(35)36/h1-19,21-22,29-30,32H,20H2/t29-,30-,31-/m1/s1. The van der Waals surface area contributed by atoms with E-state index < -0.39 is 26.4 Å². The molecule has 0 spiro atoms. The lowest BCUT2D eigenvalue weighted by molar-refractivity contribution is -0.384. The van der Waals surface area contributed by atoms with Crippen LogP contribution in [0.4, 0.5) is 5.69 Å². The van der Waals surface area contributed by atoms with Crippen molar-refractivity contribution in [1.82, 2.24) is 4.72 Å².